The summed E-state index contributed by atoms with van der Waals surface area (Å²) in [5, 5.41) is 7.00. The Labute approximate surface area is 265 Å². The van der Waals surface area contributed by atoms with E-state index in [1.807, 2.05) is 0 Å². The van der Waals surface area contributed by atoms with Crippen molar-refractivity contribution in [1.29, 1.82) is 0 Å². The second-order valence-corrected chi connectivity index (χ2v) is 4.17. The Balaban J connectivity index is -0.0000000107. The molecule has 25 heavy (non-hydrogen) atoms. The molecule has 152 valence electrons. The van der Waals surface area contributed by atoms with Crippen molar-refractivity contribution < 1.29 is 131 Å². The largest absolute Gasteiger partial charge is 0.680 e. The molecule has 0 rings (SSSR count). The molecule has 0 fully saturated rings. The Hall–Kier alpha value is 4.30. The van der Waals surface area contributed by atoms with Crippen LogP contribution in [0.15, 0.2) is 0 Å². The molecule has 0 saturated heterocycles. The summed E-state index contributed by atoms with van der Waals surface area (Å²) in [5.74, 6) is 0.935. The van der Waals surface area contributed by atoms with E-state index in [1.165, 1.54) is 39.2 Å². The van der Waals surface area contributed by atoms with Gasteiger partial charge in [-0.05, 0) is 5.92 Å². The minimum Gasteiger partial charge on any atom is -0.680 e. The summed E-state index contributed by atoms with van der Waals surface area (Å²) in [6.07, 6.45) is 6.74. The summed E-state index contributed by atoms with van der Waals surface area (Å²) in [6, 6.07) is 0. The number of hydrogen-bond donors (Lipinski definition) is 0. The van der Waals surface area contributed by atoms with Crippen LogP contribution in [0.2, 0.25) is 0 Å². The maximum Gasteiger partial charge on any atom is 0 e. The summed E-state index contributed by atoms with van der Waals surface area (Å²) >= 11 is 0. The van der Waals surface area contributed by atoms with Gasteiger partial charge in [0.25, 0.3) is 0 Å². The van der Waals surface area contributed by atoms with Crippen LogP contribution in [0.25, 0.3) is 16.4 Å². The zero-order chi connectivity index (χ0) is 16.5. The van der Waals surface area contributed by atoms with Crippen LogP contribution in [0.5, 0.6) is 0 Å². The van der Waals surface area contributed by atoms with E-state index in [2.05, 4.69) is 45.3 Å². The van der Waals surface area contributed by atoms with Crippen molar-refractivity contribution in [3.63, 3.8) is 0 Å². The second-order valence-electron chi connectivity index (χ2n) is 4.17. The standard InChI is InChI=1S/C6H14.C5H12.2C2H6N.CH4N.2CH3.4Y/c1-4-6(3)5-2;1-3-5-4-2;2*1-3-2;1-2;;;;;;/h6H,4-5H2,1-3H3;3-5H2,1-2H3;2*1-2H3;2H,1H3;2*1H3;;;;/q;;5*-1;;;;. The monoisotopic (exact) mass is 662 g/mol. The molecule has 0 bridgehead atoms. The molecule has 0 aliphatic heterocycles. The third kappa shape index (κ3) is 185. The Morgan fingerprint density at radius 3 is 0.800 bits per heavy atom. The van der Waals surface area contributed by atoms with E-state index in [0.29, 0.717) is 0 Å². The minimum absolute atomic E-state index is 0. The predicted molar refractivity (Wildman–Crippen MR) is 108 cm³/mol. The van der Waals surface area contributed by atoms with Crippen molar-refractivity contribution >= 4 is 0 Å². The van der Waals surface area contributed by atoms with Crippen LogP contribution in [0.4, 0.5) is 0 Å². The molecular weight excluding hydrogens is 614 g/mol. The smallest absolute Gasteiger partial charge is 0 e. The first-order chi connectivity index (χ1) is 9.05. The van der Waals surface area contributed by atoms with Gasteiger partial charge in [0.15, 0.2) is 0 Å². The maximum absolute atomic E-state index is 5.75. The van der Waals surface area contributed by atoms with Gasteiger partial charge in [0.2, 0.25) is 0 Å². The topological polar surface area (TPSA) is 52.0 Å². The molecule has 0 spiro atoms. The summed E-state index contributed by atoms with van der Waals surface area (Å²) in [4.78, 5) is 0. The summed E-state index contributed by atoms with van der Waals surface area (Å²) < 4.78 is 0. The molecule has 0 unspecified atom stereocenters. The SMILES string of the molecule is CCC(C)CC.CCCCC.C[N-]C.C[N-]C.C[NH-].[CH3-].[CH3-].[Y].[Y].[Y].[Y]. The first kappa shape index (κ1) is 70.1. The third-order valence-electron chi connectivity index (χ3n) is 2.10. The van der Waals surface area contributed by atoms with Crippen molar-refractivity contribution in [2.24, 2.45) is 5.92 Å². The fraction of sp³-hybridized carbons (Fsp3) is 0.889. The van der Waals surface area contributed by atoms with E-state index in [9.17, 15) is 0 Å². The van der Waals surface area contributed by atoms with Crippen LogP contribution in [-0.4, -0.2) is 35.2 Å². The van der Waals surface area contributed by atoms with Gasteiger partial charge < -0.3 is 31.2 Å². The zero-order valence-corrected chi connectivity index (χ0v) is 31.2. The predicted octanol–water partition coefficient (Wildman–Crippen LogP) is 7.44. The van der Waals surface area contributed by atoms with Crippen LogP contribution in [0, 0.1) is 20.8 Å². The minimum atomic E-state index is 0. The third-order valence-corrected chi connectivity index (χ3v) is 2.10. The normalized spacial score (nSPS) is 5.76. The Morgan fingerprint density at radius 1 is 0.640 bits per heavy atom. The van der Waals surface area contributed by atoms with Crippen LogP contribution in [0.3, 0.4) is 0 Å². The molecule has 0 aromatic rings. The van der Waals surface area contributed by atoms with Crippen molar-refractivity contribution in [1.82, 2.24) is 0 Å². The quantitative estimate of drug-likeness (QED) is 0.282. The van der Waals surface area contributed by atoms with Gasteiger partial charge in [0.1, 0.15) is 0 Å². The van der Waals surface area contributed by atoms with Gasteiger partial charge in [0, 0.05) is 131 Å². The van der Waals surface area contributed by atoms with Crippen LogP contribution >= 0.6 is 0 Å². The molecule has 0 heterocycles. The first-order valence-electron chi connectivity index (χ1n) is 7.51. The second kappa shape index (κ2) is 103. The van der Waals surface area contributed by atoms with Crippen LogP contribution in [0.1, 0.15) is 66.7 Å². The van der Waals surface area contributed by atoms with Gasteiger partial charge in [-0.3, -0.25) is 0 Å². The van der Waals surface area contributed by atoms with E-state index in [4.69, 9.17) is 5.73 Å². The van der Waals surface area contributed by atoms with Crippen molar-refractivity contribution in [3.05, 3.63) is 31.2 Å². The van der Waals surface area contributed by atoms with Crippen molar-refractivity contribution in [3.8, 4) is 0 Å². The van der Waals surface area contributed by atoms with E-state index in [0.717, 1.165) is 5.92 Å². The average molecular weight is 662 g/mol. The van der Waals surface area contributed by atoms with Gasteiger partial charge in [-0.2, -0.15) is 35.2 Å². The molecule has 0 atom stereocenters. The average Bonchev–Trinajstić information content (AvgIpc) is 2.43. The van der Waals surface area contributed by atoms with Crippen LogP contribution < -0.4 is 0 Å². The number of hydrogen-bond acceptors (Lipinski definition) is 0. The van der Waals surface area contributed by atoms with Gasteiger partial charge >= 0.3 is 0 Å². The molecule has 0 aliphatic carbocycles. The van der Waals surface area contributed by atoms with E-state index < -0.39 is 0 Å². The fourth-order valence-electron chi connectivity index (χ4n) is 0.642. The van der Waals surface area contributed by atoms with Crippen molar-refractivity contribution in [2.75, 3.05) is 35.2 Å². The zero-order valence-electron chi connectivity index (χ0n) is 19.8. The van der Waals surface area contributed by atoms with E-state index in [1.54, 1.807) is 28.2 Å². The number of nitrogens with zero attached hydrogens (tertiary/aromatic N) is 2. The molecule has 0 aliphatic rings. The summed E-state index contributed by atoms with van der Waals surface area (Å²) in [7, 11) is 8.25. The van der Waals surface area contributed by atoms with Gasteiger partial charge in [-0.1, -0.05) is 66.7 Å². The van der Waals surface area contributed by atoms with Crippen molar-refractivity contribution in [2.45, 2.75) is 66.7 Å². The molecule has 1 N–H and O–H groups in total. The van der Waals surface area contributed by atoms with Crippen LogP contribution in [-0.2, 0) is 131 Å². The fourth-order valence-corrected chi connectivity index (χ4v) is 0.642. The molecule has 0 aromatic heterocycles. The Morgan fingerprint density at radius 2 is 0.800 bits per heavy atom. The maximum atomic E-state index is 5.75. The molecule has 4 radical (unpaired) electrons. The molecule has 0 aromatic carbocycles. The molecule has 7 heteroatoms. The number of rotatable bonds is 4. The Bertz CT molecular complexity index is 86.7. The molecule has 0 amide bonds. The molecule has 0 saturated carbocycles. The van der Waals surface area contributed by atoms with Gasteiger partial charge in [-0.25, -0.2) is 0 Å². The van der Waals surface area contributed by atoms with Gasteiger partial charge in [0.05, 0.1) is 0 Å². The molecule has 3 nitrogen and oxygen atoms in total. The van der Waals surface area contributed by atoms with Gasteiger partial charge in [-0.15, -0.1) is 0 Å². The first-order valence-corrected chi connectivity index (χ1v) is 7.51. The number of unbranched alkanes of at least 4 members (excludes halogenated alkanes) is 2. The van der Waals surface area contributed by atoms with E-state index >= 15 is 0 Å². The summed E-state index contributed by atoms with van der Waals surface area (Å²) in [5.41, 5.74) is 5.75. The van der Waals surface area contributed by atoms with E-state index in [-0.39, 0.29) is 146 Å². The Kier molecular flexibility index (Phi) is 289. The summed E-state index contributed by atoms with van der Waals surface area (Å²) in [6.45, 7) is 11.2. The number of nitrogens with one attached hydrogen (secondary N) is 1. The molecular formula is C18H48N3Y4-5.